The van der Waals surface area contributed by atoms with E-state index in [0.717, 1.165) is 17.1 Å². The monoisotopic (exact) mass is 300 g/mol. The first kappa shape index (κ1) is 13.8. The first-order chi connectivity index (χ1) is 10.2. The van der Waals surface area contributed by atoms with Crippen molar-refractivity contribution in [3.63, 3.8) is 0 Å². The van der Waals surface area contributed by atoms with Gasteiger partial charge >= 0.3 is 0 Å². The maximum atomic E-state index is 12.2. The molecule has 3 aromatic heterocycles. The SMILES string of the molecule is CN(CCc1ccncc1)C(=O)Cc1cn2ccsc2n1. The number of imidazole rings is 1. The highest BCUT2D eigenvalue weighted by molar-refractivity contribution is 7.15. The highest BCUT2D eigenvalue weighted by Gasteiger charge is 2.12. The van der Waals surface area contributed by atoms with E-state index in [2.05, 4.69) is 9.97 Å². The molecular weight excluding hydrogens is 284 g/mol. The van der Waals surface area contributed by atoms with Crippen molar-refractivity contribution < 1.29 is 4.79 Å². The van der Waals surface area contributed by atoms with E-state index in [1.54, 1.807) is 28.6 Å². The molecule has 0 unspecified atom stereocenters. The lowest BCUT2D eigenvalue weighted by atomic mass is 10.2. The highest BCUT2D eigenvalue weighted by atomic mass is 32.1. The van der Waals surface area contributed by atoms with E-state index in [1.165, 1.54) is 5.56 Å². The fourth-order valence-electron chi connectivity index (χ4n) is 2.12. The number of nitrogens with zero attached hydrogens (tertiary/aromatic N) is 4. The lowest BCUT2D eigenvalue weighted by Crippen LogP contribution is -2.30. The molecule has 5 nitrogen and oxygen atoms in total. The van der Waals surface area contributed by atoms with Crippen molar-refractivity contribution in [2.45, 2.75) is 12.8 Å². The average Bonchev–Trinajstić information content (AvgIpc) is 3.07. The molecule has 0 saturated heterocycles. The van der Waals surface area contributed by atoms with Crippen LogP contribution in [-0.2, 0) is 17.6 Å². The maximum absolute atomic E-state index is 12.2. The van der Waals surface area contributed by atoms with E-state index in [0.29, 0.717) is 13.0 Å². The van der Waals surface area contributed by atoms with Crippen LogP contribution < -0.4 is 0 Å². The number of rotatable bonds is 5. The smallest absolute Gasteiger partial charge is 0.228 e. The van der Waals surface area contributed by atoms with Crippen LogP contribution in [0.5, 0.6) is 0 Å². The van der Waals surface area contributed by atoms with Gasteiger partial charge in [-0.15, -0.1) is 11.3 Å². The molecule has 0 spiro atoms. The van der Waals surface area contributed by atoms with Crippen LogP contribution in [0.25, 0.3) is 4.96 Å². The fraction of sp³-hybridized carbons (Fsp3) is 0.267. The van der Waals surface area contributed by atoms with Gasteiger partial charge in [0, 0.05) is 43.8 Å². The topological polar surface area (TPSA) is 50.5 Å². The molecule has 0 saturated carbocycles. The second-order valence-electron chi connectivity index (χ2n) is 4.92. The van der Waals surface area contributed by atoms with Crippen molar-refractivity contribution in [3.8, 4) is 0 Å². The number of amides is 1. The summed E-state index contributed by atoms with van der Waals surface area (Å²) >= 11 is 1.57. The van der Waals surface area contributed by atoms with Gasteiger partial charge < -0.3 is 4.90 Å². The predicted octanol–water partition coefficient (Wildman–Crippen LogP) is 2.03. The Hall–Kier alpha value is -2.21. The Bertz CT molecular complexity index is 706. The molecule has 3 aromatic rings. The first-order valence-electron chi connectivity index (χ1n) is 6.76. The second kappa shape index (κ2) is 6.05. The molecule has 0 aromatic carbocycles. The van der Waals surface area contributed by atoms with Crippen LogP contribution >= 0.6 is 11.3 Å². The third-order valence-electron chi connectivity index (χ3n) is 3.39. The van der Waals surface area contributed by atoms with Crippen LogP contribution in [0, 0.1) is 0 Å². The van der Waals surface area contributed by atoms with Gasteiger partial charge in [-0.3, -0.25) is 14.2 Å². The van der Waals surface area contributed by atoms with E-state index < -0.39 is 0 Å². The zero-order valence-corrected chi connectivity index (χ0v) is 12.6. The van der Waals surface area contributed by atoms with E-state index >= 15 is 0 Å². The Balaban J connectivity index is 1.56. The van der Waals surface area contributed by atoms with E-state index in [9.17, 15) is 4.79 Å². The molecule has 3 heterocycles. The van der Waals surface area contributed by atoms with Gasteiger partial charge in [0.05, 0.1) is 12.1 Å². The van der Waals surface area contributed by atoms with Gasteiger partial charge in [0.2, 0.25) is 5.91 Å². The van der Waals surface area contributed by atoms with Crippen molar-refractivity contribution in [3.05, 3.63) is 53.6 Å². The Kier molecular flexibility index (Phi) is 3.96. The average molecular weight is 300 g/mol. The molecule has 0 atom stereocenters. The first-order valence-corrected chi connectivity index (χ1v) is 7.64. The normalized spacial score (nSPS) is 10.9. The van der Waals surface area contributed by atoms with Gasteiger partial charge in [0.25, 0.3) is 0 Å². The van der Waals surface area contributed by atoms with Crippen LogP contribution in [0.15, 0.2) is 42.3 Å². The highest BCUT2D eigenvalue weighted by Crippen LogP contribution is 2.12. The fourth-order valence-corrected chi connectivity index (χ4v) is 2.84. The number of hydrogen-bond donors (Lipinski definition) is 0. The van der Waals surface area contributed by atoms with E-state index in [4.69, 9.17) is 0 Å². The summed E-state index contributed by atoms with van der Waals surface area (Å²) in [6.07, 6.45) is 8.60. The minimum atomic E-state index is 0.0924. The Labute approximate surface area is 126 Å². The number of carbonyl (C=O) groups is 1. The van der Waals surface area contributed by atoms with Crippen LogP contribution in [0.3, 0.4) is 0 Å². The number of carbonyl (C=O) groups excluding carboxylic acids is 1. The molecule has 0 aliphatic carbocycles. The number of aromatic nitrogens is 3. The van der Waals surface area contributed by atoms with E-state index in [-0.39, 0.29) is 5.91 Å². The number of thiazole rings is 1. The molecule has 0 aliphatic rings. The minimum absolute atomic E-state index is 0.0924. The largest absolute Gasteiger partial charge is 0.345 e. The van der Waals surface area contributed by atoms with Gasteiger partial charge in [-0.2, -0.15) is 0 Å². The summed E-state index contributed by atoms with van der Waals surface area (Å²) in [7, 11) is 1.84. The molecule has 21 heavy (non-hydrogen) atoms. The van der Waals surface area contributed by atoms with Gasteiger partial charge in [0.1, 0.15) is 0 Å². The summed E-state index contributed by atoms with van der Waals surface area (Å²) in [6.45, 7) is 0.699. The maximum Gasteiger partial charge on any atom is 0.228 e. The third-order valence-corrected chi connectivity index (χ3v) is 4.16. The molecule has 0 aliphatic heterocycles. The van der Waals surface area contributed by atoms with Crippen molar-refractivity contribution in [2.24, 2.45) is 0 Å². The van der Waals surface area contributed by atoms with Crippen LogP contribution in [0.1, 0.15) is 11.3 Å². The summed E-state index contributed by atoms with van der Waals surface area (Å²) in [5.41, 5.74) is 2.01. The van der Waals surface area contributed by atoms with Crippen molar-refractivity contribution >= 4 is 22.2 Å². The lowest BCUT2D eigenvalue weighted by Gasteiger charge is -2.16. The van der Waals surface area contributed by atoms with Crippen molar-refractivity contribution in [1.82, 2.24) is 19.3 Å². The summed E-state index contributed by atoms with van der Waals surface area (Å²) < 4.78 is 1.95. The Morgan fingerprint density at radius 3 is 2.95 bits per heavy atom. The molecule has 1 amide bonds. The Morgan fingerprint density at radius 1 is 1.38 bits per heavy atom. The zero-order chi connectivity index (χ0) is 14.7. The molecule has 0 bridgehead atoms. The van der Waals surface area contributed by atoms with Gasteiger partial charge in [0.15, 0.2) is 4.96 Å². The molecule has 6 heteroatoms. The third kappa shape index (κ3) is 3.28. The van der Waals surface area contributed by atoms with Crippen molar-refractivity contribution in [1.29, 1.82) is 0 Å². The van der Waals surface area contributed by atoms with Gasteiger partial charge in [-0.05, 0) is 24.1 Å². The number of fused-ring (bicyclic) bond motifs is 1. The van der Waals surface area contributed by atoms with Gasteiger partial charge in [-0.1, -0.05) is 0 Å². The lowest BCUT2D eigenvalue weighted by molar-refractivity contribution is -0.129. The number of hydrogen-bond acceptors (Lipinski definition) is 4. The second-order valence-corrected chi connectivity index (χ2v) is 5.80. The van der Waals surface area contributed by atoms with E-state index in [1.807, 2.05) is 41.4 Å². The van der Waals surface area contributed by atoms with Crippen LogP contribution in [0.4, 0.5) is 0 Å². The molecular formula is C15H16N4OS. The summed E-state index contributed by atoms with van der Waals surface area (Å²) in [5, 5.41) is 1.98. The number of likely N-dealkylation sites (N-methyl/N-ethyl adjacent to an activating group) is 1. The summed E-state index contributed by atoms with van der Waals surface area (Å²) in [4.78, 5) is 23.3. The molecule has 0 N–H and O–H groups in total. The summed E-state index contributed by atoms with van der Waals surface area (Å²) in [6, 6.07) is 3.95. The number of pyridine rings is 1. The quantitative estimate of drug-likeness (QED) is 0.724. The zero-order valence-electron chi connectivity index (χ0n) is 11.8. The standard InChI is InChI=1S/C15H16N4OS/c1-18(7-4-12-2-5-16-6-3-12)14(20)10-13-11-19-8-9-21-15(19)17-13/h2-3,5-6,8-9,11H,4,7,10H2,1H3. The van der Waals surface area contributed by atoms with Gasteiger partial charge in [-0.25, -0.2) is 4.98 Å². The minimum Gasteiger partial charge on any atom is -0.345 e. The molecule has 3 rings (SSSR count). The van der Waals surface area contributed by atoms with Crippen LogP contribution in [0.2, 0.25) is 0 Å². The molecule has 0 radical (unpaired) electrons. The predicted molar refractivity (Wildman–Crippen MR) is 82.4 cm³/mol. The van der Waals surface area contributed by atoms with Crippen molar-refractivity contribution in [2.75, 3.05) is 13.6 Å². The molecule has 0 fully saturated rings. The van der Waals surface area contributed by atoms with Crippen LogP contribution in [-0.4, -0.2) is 38.8 Å². The Morgan fingerprint density at radius 2 is 2.19 bits per heavy atom. The summed E-state index contributed by atoms with van der Waals surface area (Å²) in [5.74, 6) is 0.0924. The molecule has 108 valence electrons.